The van der Waals surface area contributed by atoms with Crippen molar-refractivity contribution in [2.75, 3.05) is 13.2 Å². The first kappa shape index (κ1) is 23.0. The van der Waals surface area contributed by atoms with Crippen LogP contribution >= 0.6 is 0 Å². The van der Waals surface area contributed by atoms with Crippen LogP contribution in [0.15, 0.2) is 0 Å². The van der Waals surface area contributed by atoms with E-state index in [1.54, 1.807) is 0 Å². The van der Waals surface area contributed by atoms with E-state index in [0.29, 0.717) is 18.3 Å². The van der Waals surface area contributed by atoms with Gasteiger partial charge in [-0.05, 0) is 42.9 Å². The molecule has 0 aromatic heterocycles. The molecule has 0 aromatic rings. The average molecular weight is 392 g/mol. The molecule has 0 spiro atoms. The first-order valence-electron chi connectivity index (χ1n) is 9.85. The summed E-state index contributed by atoms with van der Waals surface area (Å²) in [4.78, 5) is 0. The third kappa shape index (κ3) is 5.61. The van der Waals surface area contributed by atoms with E-state index in [-0.39, 0.29) is 18.1 Å². The molecule has 0 amide bonds. The number of hydrogen-bond acceptors (Lipinski definition) is 8. The molecule has 0 aromatic carbocycles. The summed E-state index contributed by atoms with van der Waals surface area (Å²) in [5.74, 6) is 0.741. The Balaban J connectivity index is 1.81. The average Bonchev–Trinajstić information content (AvgIpc) is 2.57. The van der Waals surface area contributed by atoms with Gasteiger partial charge in [0.15, 0.2) is 6.29 Å². The van der Waals surface area contributed by atoms with Crippen molar-refractivity contribution < 1.29 is 40.1 Å². The summed E-state index contributed by atoms with van der Waals surface area (Å²) in [6.07, 6.45) is -4.87. The first-order chi connectivity index (χ1) is 12.6. The van der Waals surface area contributed by atoms with Crippen LogP contribution in [-0.2, 0) is 9.47 Å². The fourth-order valence-corrected chi connectivity index (χ4v) is 4.75. The van der Waals surface area contributed by atoms with E-state index in [1.807, 2.05) is 0 Å². The smallest absolute Gasteiger partial charge is 0.186 e. The topological polar surface area (TPSA) is 140 Å². The number of rotatable bonds is 7. The highest BCUT2D eigenvalue weighted by Crippen LogP contribution is 2.46. The van der Waals surface area contributed by atoms with E-state index in [0.717, 1.165) is 19.3 Å². The number of aliphatic hydroxyl groups is 6. The third-order valence-corrected chi connectivity index (χ3v) is 6.21. The van der Waals surface area contributed by atoms with Crippen LogP contribution in [0.5, 0.6) is 0 Å². The lowest BCUT2D eigenvalue weighted by Crippen LogP contribution is -2.59. The molecule has 160 valence electrons. The molecule has 9 atom stereocenters. The Labute approximate surface area is 160 Å². The van der Waals surface area contributed by atoms with Crippen LogP contribution in [0.2, 0.25) is 0 Å². The molecule has 1 aliphatic carbocycles. The van der Waals surface area contributed by atoms with Crippen molar-refractivity contribution in [1.82, 2.24) is 0 Å². The SMILES string of the molecule is C[C@@H]1C[C@H](O)CC(C)(C)[C@H]1CC[C@@H](O)CO[C@@H]1O[C@H](CO)[C@@H](O)[C@H](O)[C@H]1O. The molecule has 27 heavy (non-hydrogen) atoms. The molecule has 1 aliphatic heterocycles. The molecule has 2 fully saturated rings. The molecule has 1 saturated heterocycles. The van der Waals surface area contributed by atoms with E-state index in [9.17, 15) is 30.6 Å². The highest BCUT2D eigenvalue weighted by Gasteiger charge is 2.44. The standard InChI is InChI=1S/C19H36O8/c1-10-6-12(22)7-19(2,3)13(10)5-4-11(21)9-26-18-17(25)16(24)15(23)14(8-20)27-18/h10-18,20-25H,4-9H2,1-3H3/t10-,11-,12+,13+,14-,15-,16+,17-,18-/m1/s1. The van der Waals surface area contributed by atoms with Crippen LogP contribution < -0.4 is 0 Å². The molecule has 8 nitrogen and oxygen atoms in total. The highest BCUT2D eigenvalue weighted by molar-refractivity contribution is 4.91. The van der Waals surface area contributed by atoms with Gasteiger partial charge in [-0.15, -0.1) is 0 Å². The zero-order valence-electron chi connectivity index (χ0n) is 16.4. The number of hydrogen-bond donors (Lipinski definition) is 6. The van der Waals surface area contributed by atoms with Crippen LogP contribution in [0.4, 0.5) is 0 Å². The summed E-state index contributed by atoms with van der Waals surface area (Å²) in [7, 11) is 0. The third-order valence-electron chi connectivity index (χ3n) is 6.21. The first-order valence-corrected chi connectivity index (χ1v) is 9.85. The second-order valence-electron chi connectivity index (χ2n) is 8.93. The summed E-state index contributed by atoms with van der Waals surface area (Å²) in [6, 6.07) is 0. The normalized spacial score (nSPS) is 43.4. The fraction of sp³-hybridized carbons (Fsp3) is 1.00. The van der Waals surface area contributed by atoms with Crippen LogP contribution in [0.3, 0.4) is 0 Å². The molecule has 2 rings (SSSR count). The van der Waals surface area contributed by atoms with Crippen molar-refractivity contribution in [3.63, 3.8) is 0 Å². The monoisotopic (exact) mass is 392 g/mol. The minimum Gasteiger partial charge on any atom is -0.394 e. The molecular formula is C19H36O8. The van der Waals surface area contributed by atoms with E-state index in [1.165, 1.54) is 0 Å². The summed E-state index contributed by atoms with van der Waals surface area (Å²) in [5, 5.41) is 58.9. The largest absolute Gasteiger partial charge is 0.394 e. The van der Waals surface area contributed by atoms with Gasteiger partial charge in [-0.1, -0.05) is 20.8 Å². The lowest BCUT2D eigenvalue weighted by atomic mass is 9.61. The van der Waals surface area contributed by atoms with E-state index in [4.69, 9.17) is 9.47 Å². The van der Waals surface area contributed by atoms with E-state index in [2.05, 4.69) is 20.8 Å². The van der Waals surface area contributed by atoms with Gasteiger partial charge >= 0.3 is 0 Å². The van der Waals surface area contributed by atoms with Gasteiger partial charge < -0.3 is 40.1 Å². The Morgan fingerprint density at radius 3 is 2.37 bits per heavy atom. The predicted octanol–water partition coefficient (Wildman–Crippen LogP) is -0.623. The fourth-order valence-electron chi connectivity index (χ4n) is 4.75. The Hall–Kier alpha value is -0.320. The molecule has 6 N–H and O–H groups in total. The lowest BCUT2D eigenvalue weighted by Gasteiger charge is -2.45. The zero-order chi connectivity index (χ0) is 20.4. The maximum absolute atomic E-state index is 10.3. The quantitative estimate of drug-likeness (QED) is 0.337. The van der Waals surface area contributed by atoms with Crippen molar-refractivity contribution in [2.24, 2.45) is 17.3 Å². The van der Waals surface area contributed by atoms with Gasteiger partial charge in [0.05, 0.1) is 25.4 Å². The maximum atomic E-state index is 10.3. The Morgan fingerprint density at radius 1 is 1.11 bits per heavy atom. The second kappa shape index (κ2) is 9.45. The highest BCUT2D eigenvalue weighted by atomic mass is 16.7. The lowest BCUT2D eigenvalue weighted by molar-refractivity contribution is -0.304. The van der Waals surface area contributed by atoms with Crippen LogP contribution in [0.1, 0.15) is 46.5 Å². The van der Waals surface area contributed by atoms with Crippen LogP contribution in [0.25, 0.3) is 0 Å². The van der Waals surface area contributed by atoms with Crippen molar-refractivity contribution >= 4 is 0 Å². The van der Waals surface area contributed by atoms with Gasteiger partial charge in [-0.3, -0.25) is 0 Å². The van der Waals surface area contributed by atoms with Gasteiger partial charge in [-0.2, -0.15) is 0 Å². The van der Waals surface area contributed by atoms with E-state index < -0.39 is 43.4 Å². The molecule has 0 bridgehead atoms. The molecule has 1 heterocycles. The summed E-state index contributed by atoms with van der Waals surface area (Å²) in [6.45, 7) is 5.81. The van der Waals surface area contributed by atoms with Crippen molar-refractivity contribution in [3.05, 3.63) is 0 Å². The number of ether oxygens (including phenoxy) is 2. The maximum Gasteiger partial charge on any atom is 0.186 e. The number of aliphatic hydroxyl groups excluding tert-OH is 6. The molecule has 1 saturated carbocycles. The minimum absolute atomic E-state index is 0.00503. The summed E-state index contributed by atoms with van der Waals surface area (Å²) >= 11 is 0. The summed E-state index contributed by atoms with van der Waals surface area (Å²) < 4.78 is 10.7. The molecular weight excluding hydrogens is 356 g/mol. The van der Waals surface area contributed by atoms with Gasteiger partial charge in [0.25, 0.3) is 0 Å². The van der Waals surface area contributed by atoms with Gasteiger partial charge in [0.2, 0.25) is 0 Å². The van der Waals surface area contributed by atoms with Crippen LogP contribution in [-0.4, -0.2) is 86.8 Å². The van der Waals surface area contributed by atoms with E-state index >= 15 is 0 Å². The molecule has 0 unspecified atom stereocenters. The van der Waals surface area contributed by atoms with Crippen molar-refractivity contribution in [2.45, 2.75) is 89.4 Å². The molecule has 2 aliphatic rings. The zero-order valence-corrected chi connectivity index (χ0v) is 16.4. The predicted molar refractivity (Wildman–Crippen MR) is 96.6 cm³/mol. The van der Waals surface area contributed by atoms with Gasteiger partial charge in [-0.25, -0.2) is 0 Å². The Morgan fingerprint density at radius 2 is 1.78 bits per heavy atom. The van der Waals surface area contributed by atoms with Gasteiger partial charge in [0.1, 0.15) is 24.4 Å². The van der Waals surface area contributed by atoms with Crippen LogP contribution in [0, 0.1) is 17.3 Å². The Kier molecular flexibility index (Phi) is 8.04. The Bertz CT molecular complexity index is 457. The minimum atomic E-state index is -1.49. The molecule has 0 radical (unpaired) electrons. The summed E-state index contributed by atoms with van der Waals surface area (Å²) in [5.41, 5.74) is -0.00503. The van der Waals surface area contributed by atoms with Crippen molar-refractivity contribution in [3.8, 4) is 0 Å². The second-order valence-corrected chi connectivity index (χ2v) is 8.93. The van der Waals surface area contributed by atoms with Crippen molar-refractivity contribution in [1.29, 1.82) is 0 Å². The molecule has 8 heteroatoms. The van der Waals surface area contributed by atoms with Gasteiger partial charge in [0, 0.05) is 0 Å².